The fraction of sp³-hybridized carbons (Fsp3) is 0.818. The van der Waals surface area contributed by atoms with Gasteiger partial charge in [-0.1, -0.05) is 25.9 Å². The van der Waals surface area contributed by atoms with Gasteiger partial charge in [0.15, 0.2) is 5.82 Å². The van der Waals surface area contributed by atoms with Gasteiger partial charge in [-0.05, 0) is 12.8 Å². The number of nitrogens with zero attached hydrogens (tertiary/aromatic N) is 2. The molecule has 0 radical (unpaired) electrons. The summed E-state index contributed by atoms with van der Waals surface area (Å²) in [5.41, 5.74) is -0.0444. The molecular weight excluding hydrogens is 192 g/mol. The molecule has 0 aromatic carbocycles. The maximum Gasteiger partial charge on any atom is 0.232 e. The summed E-state index contributed by atoms with van der Waals surface area (Å²) in [5.74, 6) is 1.81. The van der Waals surface area contributed by atoms with Crippen LogP contribution >= 0.6 is 0 Å². The summed E-state index contributed by atoms with van der Waals surface area (Å²) in [6, 6.07) is 0. The molecule has 1 aromatic heterocycles. The zero-order chi connectivity index (χ0) is 10.9. The highest BCUT2D eigenvalue weighted by atomic mass is 16.5. The summed E-state index contributed by atoms with van der Waals surface area (Å²) in [7, 11) is 0. The predicted molar refractivity (Wildman–Crippen MR) is 55.8 cm³/mol. The number of aromatic nitrogens is 2. The third kappa shape index (κ3) is 2.37. The SMILES string of the molecule is CC(C)(C)c1noc(C2CCCOC2)n1. The van der Waals surface area contributed by atoms with Crippen LogP contribution < -0.4 is 0 Å². The molecule has 2 heterocycles. The van der Waals surface area contributed by atoms with Crippen LogP contribution in [0, 0.1) is 0 Å². The van der Waals surface area contributed by atoms with Crippen LogP contribution in [0.1, 0.15) is 51.2 Å². The van der Waals surface area contributed by atoms with E-state index in [-0.39, 0.29) is 5.41 Å². The lowest BCUT2D eigenvalue weighted by molar-refractivity contribution is 0.0705. The maximum atomic E-state index is 5.40. The maximum absolute atomic E-state index is 5.40. The Balaban J connectivity index is 2.12. The summed E-state index contributed by atoms with van der Waals surface area (Å²) in [6.45, 7) is 7.82. The molecule has 0 N–H and O–H groups in total. The van der Waals surface area contributed by atoms with Crippen molar-refractivity contribution in [2.75, 3.05) is 13.2 Å². The Morgan fingerprint density at radius 3 is 2.67 bits per heavy atom. The van der Waals surface area contributed by atoms with E-state index in [1.54, 1.807) is 0 Å². The largest absolute Gasteiger partial charge is 0.381 e. The molecule has 0 bridgehead atoms. The van der Waals surface area contributed by atoms with Crippen molar-refractivity contribution < 1.29 is 9.26 Å². The molecule has 1 fully saturated rings. The fourth-order valence-electron chi connectivity index (χ4n) is 1.64. The first-order chi connectivity index (χ1) is 7.07. The molecule has 84 valence electrons. The minimum Gasteiger partial charge on any atom is -0.381 e. The van der Waals surface area contributed by atoms with Gasteiger partial charge in [0.2, 0.25) is 5.89 Å². The van der Waals surface area contributed by atoms with Gasteiger partial charge < -0.3 is 9.26 Å². The van der Waals surface area contributed by atoms with E-state index in [1.165, 1.54) is 0 Å². The van der Waals surface area contributed by atoms with E-state index >= 15 is 0 Å². The van der Waals surface area contributed by atoms with E-state index in [4.69, 9.17) is 9.26 Å². The zero-order valence-electron chi connectivity index (χ0n) is 9.62. The van der Waals surface area contributed by atoms with Crippen molar-refractivity contribution in [2.45, 2.75) is 44.9 Å². The van der Waals surface area contributed by atoms with Crippen LogP contribution in [0.15, 0.2) is 4.52 Å². The number of hydrogen-bond acceptors (Lipinski definition) is 4. The van der Waals surface area contributed by atoms with Gasteiger partial charge in [0.1, 0.15) is 0 Å². The van der Waals surface area contributed by atoms with Crippen molar-refractivity contribution in [2.24, 2.45) is 0 Å². The lowest BCUT2D eigenvalue weighted by Crippen LogP contribution is -2.17. The molecule has 4 nitrogen and oxygen atoms in total. The van der Waals surface area contributed by atoms with E-state index in [1.807, 2.05) is 0 Å². The van der Waals surface area contributed by atoms with Crippen molar-refractivity contribution in [3.05, 3.63) is 11.7 Å². The van der Waals surface area contributed by atoms with Crippen molar-refractivity contribution >= 4 is 0 Å². The monoisotopic (exact) mass is 210 g/mol. The Labute approximate surface area is 90.0 Å². The van der Waals surface area contributed by atoms with Crippen molar-refractivity contribution in [1.29, 1.82) is 0 Å². The standard InChI is InChI=1S/C11H18N2O2/c1-11(2,3)10-12-9(15-13-10)8-5-4-6-14-7-8/h8H,4-7H2,1-3H3. The molecule has 1 aliphatic rings. The Kier molecular flexibility index (Phi) is 2.78. The second-order valence-corrected chi connectivity index (χ2v) is 5.12. The average Bonchev–Trinajstić information content (AvgIpc) is 2.67. The van der Waals surface area contributed by atoms with Crippen LogP contribution in [0.5, 0.6) is 0 Å². The van der Waals surface area contributed by atoms with Gasteiger partial charge in [-0.2, -0.15) is 4.98 Å². The van der Waals surface area contributed by atoms with Crippen LogP contribution in [0.2, 0.25) is 0 Å². The second kappa shape index (κ2) is 3.93. The fourth-order valence-corrected chi connectivity index (χ4v) is 1.64. The molecule has 1 aliphatic heterocycles. The highest BCUT2D eigenvalue weighted by molar-refractivity contribution is 5.03. The van der Waals surface area contributed by atoms with Crippen LogP contribution in [0.3, 0.4) is 0 Å². The topological polar surface area (TPSA) is 48.2 Å². The second-order valence-electron chi connectivity index (χ2n) is 5.12. The Morgan fingerprint density at radius 2 is 2.13 bits per heavy atom. The molecule has 1 saturated heterocycles. The summed E-state index contributed by atoms with van der Waals surface area (Å²) in [4.78, 5) is 4.45. The highest BCUT2D eigenvalue weighted by Gasteiger charge is 2.26. The molecule has 0 amide bonds. The van der Waals surface area contributed by atoms with Gasteiger partial charge in [-0.3, -0.25) is 0 Å². The summed E-state index contributed by atoms with van der Waals surface area (Å²) in [6.07, 6.45) is 2.17. The smallest absolute Gasteiger partial charge is 0.232 e. The lowest BCUT2D eigenvalue weighted by Gasteiger charge is -2.18. The van der Waals surface area contributed by atoms with E-state index in [9.17, 15) is 0 Å². The van der Waals surface area contributed by atoms with E-state index in [2.05, 4.69) is 30.9 Å². The highest BCUT2D eigenvalue weighted by Crippen LogP contribution is 2.26. The minimum atomic E-state index is -0.0444. The van der Waals surface area contributed by atoms with Gasteiger partial charge in [0, 0.05) is 12.0 Å². The van der Waals surface area contributed by atoms with E-state index in [0.717, 1.165) is 31.2 Å². The lowest BCUT2D eigenvalue weighted by atomic mass is 9.96. The molecule has 0 aliphatic carbocycles. The molecular formula is C11H18N2O2. The molecule has 4 heteroatoms. The minimum absolute atomic E-state index is 0.0444. The number of ether oxygens (including phenoxy) is 1. The quantitative estimate of drug-likeness (QED) is 0.713. The molecule has 1 unspecified atom stereocenters. The first-order valence-electron chi connectivity index (χ1n) is 5.49. The zero-order valence-corrected chi connectivity index (χ0v) is 9.62. The van der Waals surface area contributed by atoms with Crippen LogP contribution in [0.25, 0.3) is 0 Å². The molecule has 0 saturated carbocycles. The number of hydrogen-bond donors (Lipinski definition) is 0. The van der Waals surface area contributed by atoms with E-state index in [0.29, 0.717) is 12.5 Å². The third-order valence-electron chi connectivity index (χ3n) is 2.62. The van der Waals surface area contributed by atoms with Gasteiger partial charge >= 0.3 is 0 Å². The van der Waals surface area contributed by atoms with Gasteiger partial charge in [0.25, 0.3) is 0 Å². The summed E-state index contributed by atoms with van der Waals surface area (Å²) >= 11 is 0. The van der Waals surface area contributed by atoms with Gasteiger partial charge in [-0.15, -0.1) is 0 Å². The van der Waals surface area contributed by atoms with Crippen LogP contribution in [-0.2, 0) is 10.2 Å². The van der Waals surface area contributed by atoms with Crippen LogP contribution in [0.4, 0.5) is 0 Å². The summed E-state index contributed by atoms with van der Waals surface area (Å²) < 4.78 is 10.7. The van der Waals surface area contributed by atoms with Gasteiger partial charge in [0.05, 0.1) is 12.5 Å². The predicted octanol–water partition coefficient (Wildman–Crippen LogP) is 2.26. The molecule has 0 spiro atoms. The van der Waals surface area contributed by atoms with Crippen molar-refractivity contribution in [3.8, 4) is 0 Å². The molecule has 2 rings (SSSR count). The molecule has 1 aromatic rings. The number of rotatable bonds is 1. The third-order valence-corrected chi connectivity index (χ3v) is 2.62. The van der Waals surface area contributed by atoms with Crippen LogP contribution in [-0.4, -0.2) is 23.4 Å². The van der Waals surface area contributed by atoms with Gasteiger partial charge in [-0.25, -0.2) is 0 Å². The van der Waals surface area contributed by atoms with Crippen molar-refractivity contribution in [1.82, 2.24) is 10.1 Å². The van der Waals surface area contributed by atoms with Crippen molar-refractivity contribution in [3.63, 3.8) is 0 Å². The normalized spacial score (nSPS) is 23.0. The molecule has 1 atom stereocenters. The Hall–Kier alpha value is -0.900. The first kappa shape index (κ1) is 10.6. The summed E-state index contributed by atoms with van der Waals surface area (Å²) in [5, 5.41) is 4.02. The first-order valence-corrected chi connectivity index (χ1v) is 5.49. The van der Waals surface area contributed by atoms with E-state index < -0.39 is 0 Å². The Bertz CT molecular complexity index is 322. The average molecular weight is 210 g/mol. The Morgan fingerprint density at radius 1 is 1.33 bits per heavy atom. The molecule has 15 heavy (non-hydrogen) atoms.